The number of aromatic nitrogens is 2. The van der Waals surface area contributed by atoms with Crippen LogP contribution in [0, 0.1) is 6.92 Å². The van der Waals surface area contributed by atoms with E-state index in [0.29, 0.717) is 6.04 Å². The van der Waals surface area contributed by atoms with E-state index in [-0.39, 0.29) is 0 Å². The lowest BCUT2D eigenvalue weighted by molar-refractivity contribution is 0.253. The van der Waals surface area contributed by atoms with E-state index in [4.69, 9.17) is 0 Å². The van der Waals surface area contributed by atoms with E-state index in [1.165, 1.54) is 11.1 Å². The monoisotopic (exact) mass is 279 g/mol. The summed E-state index contributed by atoms with van der Waals surface area (Å²) >= 11 is 0. The van der Waals surface area contributed by atoms with Crippen molar-refractivity contribution < 1.29 is 0 Å². The van der Waals surface area contributed by atoms with E-state index in [2.05, 4.69) is 77.4 Å². The largest absolute Gasteiger partial charge is 0.342 e. The van der Waals surface area contributed by atoms with Gasteiger partial charge in [-0.05, 0) is 44.2 Å². The van der Waals surface area contributed by atoms with Crippen LogP contribution in [0.4, 0.5) is 0 Å². The van der Waals surface area contributed by atoms with Gasteiger partial charge in [0.05, 0.1) is 11.0 Å². The molecule has 0 aliphatic heterocycles. The Kier molecular flexibility index (Phi) is 3.76. The molecule has 1 heterocycles. The molecule has 108 valence electrons. The van der Waals surface area contributed by atoms with Gasteiger partial charge in [0.25, 0.3) is 0 Å². The molecule has 1 aromatic heterocycles. The van der Waals surface area contributed by atoms with Crippen LogP contribution in [0.1, 0.15) is 29.9 Å². The van der Waals surface area contributed by atoms with E-state index in [0.717, 1.165) is 23.4 Å². The van der Waals surface area contributed by atoms with Crippen molar-refractivity contribution in [2.24, 2.45) is 0 Å². The highest BCUT2D eigenvalue weighted by Crippen LogP contribution is 2.23. The highest BCUT2D eigenvalue weighted by molar-refractivity contribution is 5.75. The molecule has 21 heavy (non-hydrogen) atoms. The first-order valence-corrected chi connectivity index (χ1v) is 7.34. The minimum atomic E-state index is 0.353. The molecule has 0 aliphatic carbocycles. The second-order valence-electron chi connectivity index (χ2n) is 5.68. The number of hydrogen-bond acceptors (Lipinski definition) is 2. The van der Waals surface area contributed by atoms with Crippen LogP contribution in [0.2, 0.25) is 0 Å². The first-order valence-electron chi connectivity index (χ1n) is 7.34. The summed E-state index contributed by atoms with van der Waals surface area (Å²) in [7, 11) is 2.16. The third-order valence-corrected chi connectivity index (χ3v) is 4.04. The van der Waals surface area contributed by atoms with Crippen LogP contribution in [0.5, 0.6) is 0 Å². The number of nitrogens with one attached hydrogen (secondary N) is 1. The zero-order chi connectivity index (χ0) is 14.8. The topological polar surface area (TPSA) is 31.9 Å². The molecule has 1 N–H and O–H groups in total. The van der Waals surface area contributed by atoms with Crippen LogP contribution in [0.3, 0.4) is 0 Å². The third-order valence-electron chi connectivity index (χ3n) is 4.04. The third kappa shape index (κ3) is 2.98. The van der Waals surface area contributed by atoms with Gasteiger partial charge in [0, 0.05) is 12.6 Å². The maximum absolute atomic E-state index is 4.53. The molecule has 3 nitrogen and oxygen atoms in total. The standard InChI is InChI=1S/C18H21N3/c1-13(21(3)12-15-7-5-4-6-8-15)16-9-10-17-18(11-16)20-14(2)19-17/h4-11,13H,12H2,1-3H3,(H,19,20). The predicted molar refractivity (Wildman–Crippen MR) is 87.2 cm³/mol. The highest BCUT2D eigenvalue weighted by atomic mass is 15.1. The number of imidazole rings is 1. The molecule has 0 fully saturated rings. The second-order valence-corrected chi connectivity index (χ2v) is 5.68. The van der Waals surface area contributed by atoms with Crippen molar-refractivity contribution >= 4 is 11.0 Å². The molecule has 1 unspecified atom stereocenters. The Labute approximate surface area is 125 Å². The minimum absolute atomic E-state index is 0.353. The number of nitrogens with zero attached hydrogens (tertiary/aromatic N) is 2. The Morgan fingerprint density at radius 3 is 2.67 bits per heavy atom. The summed E-state index contributed by atoms with van der Waals surface area (Å²) in [6.07, 6.45) is 0. The van der Waals surface area contributed by atoms with Gasteiger partial charge in [-0.3, -0.25) is 4.90 Å². The summed E-state index contributed by atoms with van der Waals surface area (Å²) in [5, 5.41) is 0. The Morgan fingerprint density at radius 1 is 1.14 bits per heavy atom. The van der Waals surface area contributed by atoms with Crippen LogP contribution in [0.15, 0.2) is 48.5 Å². The van der Waals surface area contributed by atoms with Crippen molar-refractivity contribution in [3.05, 3.63) is 65.5 Å². The van der Waals surface area contributed by atoms with Crippen LogP contribution < -0.4 is 0 Å². The van der Waals surface area contributed by atoms with Crippen molar-refractivity contribution in [1.29, 1.82) is 0 Å². The number of benzene rings is 2. The van der Waals surface area contributed by atoms with Gasteiger partial charge < -0.3 is 4.98 Å². The van der Waals surface area contributed by atoms with Crippen molar-refractivity contribution in [3.63, 3.8) is 0 Å². The Morgan fingerprint density at radius 2 is 1.90 bits per heavy atom. The maximum Gasteiger partial charge on any atom is 0.104 e. The van der Waals surface area contributed by atoms with Crippen molar-refractivity contribution in [2.45, 2.75) is 26.4 Å². The van der Waals surface area contributed by atoms with Gasteiger partial charge in [-0.1, -0.05) is 36.4 Å². The zero-order valence-corrected chi connectivity index (χ0v) is 12.8. The Bertz CT molecular complexity index is 731. The van der Waals surface area contributed by atoms with Gasteiger partial charge in [-0.15, -0.1) is 0 Å². The van der Waals surface area contributed by atoms with Crippen LogP contribution in [-0.2, 0) is 6.54 Å². The summed E-state index contributed by atoms with van der Waals surface area (Å²) in [4.78, 5) is 10.2. The van der Waals surface area contributed by atoms with Crippen molar-refractivity contribution in [1.82, 2.24) is 14.9 Å². The van der Waals surface area contributed by atoms with Gasteiger partial charge in [0.15, 0.2) is 0 Å². The molecule has 3 heteroatoms. The molecule has 1 atom stereocenters. The molecule has 2 aromatic carbocycles. The zero-order valence-electron chi connectivity index (χ0n) is 12.8. The maximum atomic E-state index is 4.53. The van der Waals surface area contributed by atoms with Gasteiger partial charge in [-0.25, -0.2) is 4.98 Å². The van der Waals surface area contributed by atoms with E-state index >= 15 is 0 Å². The molecule has 0 saturated carbocycles. The smallest absolute Gasteiger partial charge is 0.104 e. The fourth-order valence-corrected chi connectivity index (χ4v) is 2.67. The van der Waals surface area contributed by atoms with Crippen LogP contribution >= 0.6 is 0 Å². The molecule has 0 aliphatic rings. The van der Waals surface area contributed by atoms with E-state index in [9.17, 15) is 0 Å². The van der Waals surface area contributed by atoms with Gasteiger partial charge in [-0.2, -0.15) is 0 Å². The fourth-order valence-electron chi connectivity index (χ4n) is 2.67. The average molecular weight is 279 g/mol. The van der Waals surface area contributed by atoms with Crippen molar-refractivity contribution in [3.8, 4) is 0 Å². The van der Waals surface area contributed by atoms with E-state index < -0.39 is 0 Å². The van der Waals surface area contributed by atoms with E-state index in [1.54, 1.807) is 0 Å². The average Bonchev–Trinajstić information content (AvgIpc) is 2.86. The number of aryl methyl sites for hydroxylation is 1. The van der Waals surface area contributed by atoms with Gasteiger partial charge in [0.1, 0.15) is 5.82 Å². The fraction of sp³-hybridized carbons (Fsp3) is 0.278. The van der Waals surface area contributed by atoms with Crippen molar-refractivity contribution in [2.75, 3.05) is 7.05 Å². The molecule has 0 radical (unpaired) electrons. The lowest BCUT2D eigenvalue weighted by Gasteiger charge is -2.25. The molecule has 3 rings (SSSR count). The summed E-state index contributed by atoms with van der Waals surface area (Å²) in [5.74, 6) is 0.965. The van der Waals surface area contributed by atoms with E-state index in [1.807, 2.05) is 6.92 Å². The molecular weight excluding hydrogens is 258 g/mol. The number of rotatable bonds is 4. The first kappa shape index (κ1) is 13.8. The summed E-state index contributed by atoms with van der Waals surface area (Å²) in [6, 6.07) is 17.4. The molecule has 0 saturated heterocycles. The van der Waals surface area contributed by atoms with Crippen LogP contribution in [-0.4, -0.2) is 21.9 Å². The van der Waals surface area contributed by atoms with Crippen LogP contribution in [0.25, 0.3) is 11.0 Å². The van der Waals surface area contributed by atoms with Gasteiger partial charge >= 0.3 is 0 Å². The summed E-state index contributed by atoms with van der Waals surface area (Å²) in [6.45, 7) is 5.17. The normalized spacial score (nSPS) is 13.0. The second kappa shape index (κ2) is 5.70. The predicted octanol–water partition coefficient (Wildman–Crippen LogP) is 4.06. The first-order chi connectivity index (χ1) is 10.1. The molecule has 0 bridgehead atoms. The lowest BCUT2D eigenvalue weighted by Crippen LogP contribution is -2.21. The number of fused-ring (bicyclic) bond motifs is 1. The molecule has 0 spiro atoms. The minimum Gasteiger partial charge on any atom is -0.342 e. The SMILES string of the molecule is Cc1nc2cc(C(C)N(C)Cc3ccccc3)ccc2[nH]1. The Balaban J connectivity index is 1.80. The summed E-state index contributed by atoms with van der Waals surface area (Å²) < 4.78 is 0. The molecule has 3 aromatic rings. The quantitative estimate of drug-likeness (QED) is 0.781. The number of H-pyrrole nitrogens is 1. The number of hydrogen-bond donors (Lipinski definition) is 1. The lowest BCUT2D eigenvalue weighted by atomic mass is 10.1. The highest BCUT2D eigenvalue weighted by Gasteiger charge is 2.13. The van der Waals surface area contributed by atoms with Gasteiger partial charge in [0.2, 0.25) is 0 Å². The molecule has 0 amide bonds. The number of aromatic amines is 1. The molecular formula is C18H21N3. The Hall–Kier alpha value is -2.13. The summed E-state index contributed by atoms with van der Waals surface area (Å²) in [5.41, 5.74) is 4.79.